The van der Waals surface area contributed by atoms with Crippen LogP contribution in [0, 0.1) is 0 Å². The Morgan fingerprint density at radius 2 is 2.09 bits per heavy atom. The smallest absolute Gasteiger partial charge is 0.274 e. The summed E-state index contributed by atoms with van der Waals surface area (Å²) in [6.07, 6.45) is 8.49. The van der Waals surface area contributed by atoms with Gasteiger partial charge in [-0.3, -0.25) is 14.0 Å². The molecule has 10 heteroatoms. The zero-order valence-corrected chi connectivity index (χ0v) is 18.7. The first kappa shape index (κ1) is 21.0. The van der Waals surface area contributed by atoms with Gasteiger partial charge in [0.05, 0.1) is 10.9 Å². The summed E-state index contributed by atoms with van der Waals surface area (Å²) < 4.78 is 1.74. The molecule has 1 saturated heterocycles. The van der Waals surface area contributed by atoms with E-state index in [9.17, 15) is 9.59 Å². The number of carbonyl (C=O) groups is 1. The first-order valence-electron chi connectivity index (χ1n) is 11.3. The number of pyridine rings is 1. The molecule has 1 atom stereocenters. The Hall–Kier alpha value is -3.82. The maximum absolute atomic E-state index is 13.1. The van der Waals surface area contributed by atoms with Crippen molar-refractivity contribution in [3.63, 3.8) is 0 Å². The van der Waals surface area contributed by atoms with Gasteiger partial charge in [-0.1, -0.05) is 0 Å². The molecule has 10 nitrogen and oxygen atoms in total. The quantitative estimate of drug-likeness (QED) is 0.500. The first-order valence-corrected chi connectivity index (χ1v) is 11.3. The molecule has 0 bridgehead atoms. The molecular weight excluding hydrogens is 420 g/mol. The van der Waals surface area contributed by atoms with Crippen molar-refractivity contribution in [2.24, 2.45) is 0 Å². The fourth-order valence-corrected chi connectivity index (χ4v) is 4.44. The number of rotatable bonds is 5. The van der Waals surface area contributed by atoms with E-state index in [1.54, 1.807) is 34.0 Å². The molecule has 0 spiro atoms. The van der Waals surface area contributed by atoms with Crippen LogP contribution in [0.15, 0.2) is 41.7 Å². The summed E-state index contributed by atoms with van der Waals surface area (Å²) in [6, 6.07) is 3.73. The van der Waals surface area contributed by atoms with Crippen LogP contribution in [0.4, 0.5) is 5.95 Å². The summed E-state index contributed by atoms with van der Waals surface area (Å²) in [5.41, 5.74) is 1.59. The van der Waals surface area contributed by atoms with Gasteiger partial charge in [0.2, 0.25) is 11.7 Å². The van der Waals surface area contributed by atoms with Crippen molar-refractivity contribution in [3.8, 4) is 0 Å². The normalized spacial score (nSPS) is 16.4. The zero-order valence-electron chi connectivity index (χ0n) is 18.7. The van der Waals surface area contributed by atoms with Crippen molar-refractivity contribution in [2.75, 3.05) is 31.1 Å². The van der Waals surface area contributed by atoms with Crippen LogP contribution >= 0.6 is 0 Å². The minimum Gasteiger partial charge on any atom is -0.341 e. The number of likely N-dealkylation sites (tertiary alicyclic amines) is 1. The van der Waals surface area contributed by atoms with Crippen molar-refractivity contribution < 1.29 is 4.79 Å². The van der Waals surface area contributed by atoms with Gasteiger partial charge in [0.25, 0.3) is 11.5 Å². The topological polar surface area (TPSA) is 112 Å². The molecule has 0 aliphatic carbocycles. The summed E-state index contributed by atoms with van der Waals surface area (Å²) >= 11 is 0. The van der Waals surface area contributed by atoms with Crippen molar-refractivity contribution >= 4 is 28.5 Å². The van der Waals surface area contributed by atoms with Crippen molar-refractivity contribution in [2.45, 2.75) is 32.6 Å². The van der Waals surface area contributed by atoms with E-state index in [-0.39, 0.29) is 17.4 Å². The highest BCUT2D eigenvalue weighted by Crippen LogP contribution is 2.27. The minimum absolute atomic E-state index is 0.0156. The molecule has 0 aromatic carbocycles. The fraction of sp³-hybridized carbons (Fsp3) is 0.391. The number of aromatic nitrogens is 6. The Morgan fingerprint density at radius 1 is 1.24 bits per heavy atom. The maximum atomic E-state index is 13.1. The third kappa shape index (κ3) is 3.92. The van der Waals surface area contributed by atoms with Gasteiger partial charge in [0.1, 0.15) is 5.69 Å². The lowest BCUT2D eigenvalue weighted by Crippen LogP contribution is -2.39. The summed E-state index contributed by atoms with van der Waals surface area (Å²) in [7, 11) is 0. The maximum Gasteiger partial charge on any atom is 0.274 e. The molecule has 0 saturated carbocycles. The van der Waals surface area contributed by atoms with Crippen LogP contribution in [0.5, 0.6) is 0 Å². The molecular formula is C23H26N8O2. The molecule has 1 aliphatic heterocycles. The number of nitrogens with zero attached hydrogens (tertiary/aromatic N) is 7. The predicted octanol–water partition coefficient (Wildman–Crippen LogP) is 2.23. The number of fused-ring (bicyclic) bond motifs is 2. The van der Waals surface area contributed by atoms with Crippen LogP contribution in [0.25, 0.3) is 16.7 Å². The van der Waals surface area contributed by atoms with E-state index in [1.165, 1.54) is 0 Å². The predicted molar refractivity (Wildman–Crippen MR) is 125 cm³/mol. The molecule has 1 amide bonds. The van der Waals surface area contributed by atoms with Gasteiger partial charge in [-0.25, -0.2) is 19.9 Å². The molecule has 0 radical (unpaired) electrons. The third-order valence-corrected chi connectivity index (χ3v) is 6.25. The van der Waals surface area contributed by atoms with Crippen molar-refractivity contribution in [1.82, 2.24) is 34.2 Å². The number of nitrogens with one attached hydrogen (secondary N) is 1. The van der Waals surface area contributed by atoms with E-state index >= 15 is 0 Å². The van der Waals surface area contributed by atoms with Crippen molar-refractivity contribution in [1.29, 1.82) is 0 Å². The molecule has 33 heavy (non-hydrogen) atoms. The average molecular weight is 447 g/mol. The van der Waals surface area contributed by atoms with Gasteiger partial charge in [0, 0.05) is 62.6 Å². The van der Waals surface area contributed by atoms with Crippen LogP contribution in [0.3, 0.4) is 0 Å². The highest BCUT2D eigenvalue weighted by molar-refractivity contribution is 5.93. The van der Waals surface area contributed by atoms with Gasteiger partial charge in [-0.05, 0) is 38.8 Å². The average Bonchev–Trinajstić information content (AvgIpc) is 3.28. The molecule has 1 aliphatic rings. The number of H-pyrrole nitrogens is 1. The number of carbonyl (C=O) groups excluding carboxylic acids is 1. The van der Waals surface area contributed by atoms with Gasteiger partial charge in [-0.15, -0.1) is 0 Å². The zero-order chi connectivity index (χ0) is 22.9. The second kappa shape index (κ2) is 8.61. The number of hydrogen-bond donors (Lipinski definition) is 1. The van der Waals surface area contributed by atoms with E-state index in [1.807, 2.05) is 31.0 Å². The Bertz CT molecular complexity index is 1340. The van der Waals surface area contributed by atoms with Crippen LogP contribution in [-0.4, -0.2) is 66.3 Å². The molecule has 1 fully saturated rings. The van der Waals surface area contributed by atoms with E-state index < -0.39 is 0 Å². The number of imidazole rings is 1. The number of amides is 1. The lowest BCUT2D eigenvalue weighted by atomic mass is 9.93. The molecule has 1 N–H and O–H groups in total. The third-order valence-electron chi connectivity index (χ3n) is 6.25. The number of aromatic amines is 1. The Kier molecular flexibility index (Phi) is 5.49. The number of hydrogen-bond acceptors (Lipinski definition) is 7. The van der Waals surface area contributed by atoms with Crippen LogP contribution in [-0.2, 0) is 0 Å². The van der Waals surface area contributed by atoms with Gasteiger partial charge in [-0.2, -0.15) is 0 Å². The highest BCUT2D eigenvalue weighted by atomic mass is 16.2. The van der Waals surface area contributed by atoms with Gasteiger partial charge < -0.3 is 14.8 Å². The first-order chi connectivity index (χ1) is 16.1. The van der Waals surface area contributed by atoms with E-state index in [2.05, 4.69) is 24.9 Å². The Labute approximate surface area is 190 Å². The van der Waals surface area contributed by atoms with E-state index in [0.717, 1.165) is 31.6 Å². The lowest BCUT2D eigenvalue weighted by molar-refractivity contribution is 0.0700. The molecule has 5 rings (SSSR count). The molecule has 4 aromatic heterocycles. The second-order valence-electron chi connectivity index (χ2n) is 8.24. The SMILES string of the molecule is CCN(CC)c1ncc2c(=O)[nH]c([C@H]3CCCN(C(=O)c4cn5cccnc5n4)C3)cc2n1. The van der Waals surface area contributed by atoms with Gasteiger partial charge in [0.15, 0.2) is 0 Å². The second-order valence-corrected chi connectivity index (χ2v) is 8.24. The Balaban J connectivity index is 1.43. The molecule has 5 heterocycles. The fourth-order valence-electron chi connectivity index (χ4n) is 4.44. The van der Waals surface area contributed by atoms with Crippen LogP contribution < -0.4 is 10.5 Å². The lowest BCUT2D eigenvalue weighted by Gasteiger charge is -2.32. The Morgan fingerprint density at radius 3 is 2.88 bits per heavy atom. The van der Waals surface area contributed by atoms with E-state index in [0.29, 0.717) is 41.4 Å². The van der Waals surface area contributed by atoms with Gasteiger partial charge >= 0.3 is 0 Å². The summed E-state index contributed by atoms with van der Waals surface area (Å²) in [4.78, 5) is 50.3. The van der Waals surface area contributed by atoms with Crippen LogP contribution in [0.1, 0.15) is 48.8 Å². The standard InChI is InChI=1S/C23H26N8O2/c1-3-29(4-2)23-25-12-16-18(27-23)11-17(26-20(16)32)15-7-5-9-30(13-15)21(33)19-14-31-10-6-8-24-22(31)28-19/h6,8,10-12,14-15H,3-5,7,9,13H2,1-2H3,(H,26,32)/t15-/m0/s1. The monoisotopic (exact) mass is 446 g/mol. The number of anilines is 1. The van der Waals surface area contributed by atoms with Crippen LogP contribution in [0.2, 0.25) is 0 Å². The van der Waals surface area contributed by atoms with Crippen molar-refractivity contribution in [3.05, 3.63) is 58.7 Å². The molecule has 170 valence electrons. The van der Waals surface area contributed by atoms with E-state index in [4.69, 9.17) is 0 Å². The summed E-state index contributed by atoms with van der Waals surface area (Å²) in [6.45, 7) is 6.84. The summed E-state index contributed by atoms with van der Waals surface area (Å²) in [5.74, 6) is 1.00. The largest absolute Gasteiger partial charge is 0.341 e. The highest BCUT2D eigenvalue weighted by Gasteiger charge is 2.28. The minimum atomic E-state index is -0.205. The summed E-state index contributed by atoms with van der Waals surface area (Å²) in [5, 5.41) is 0.468. The molecule has 0 unspecified atom stereocenters. The number of piperidine rings is 1. The molecule has 4 aromatic rings.